The molecule has 0 saturated heterocycles. The van der Waals surface area contributed by atoms with Crippen molar-refractivity contribution in [2.45, 2.75) is 19.6 Å². The van der Waals surface area contributed by atoms with Crippen LogP contribution in [0, 0.1) is 0 Å². The summed E-state index contributed by atoms with van der Waals surface area (Å²) in [6.45, 7) is 3.76. The normalized spacial score (nSPS) is 12.6. The quantitative estimate of drug-likeness (QED) is 0.547. The van der Waals surface area contributed by atoms with Crippen molar-refractivity contribution < 1.29 is 14.6 Å². The molecule has 2 aromatic rings. The monoisotopic (exact) mass is 377 g/mol. The third kappa shape index (κ3) is 5.37. The summed E-state index contributed by atoms with van der Waals surface area (Å²) in [5, 5.41) is 18.1. The number of guanidine groups is 1. The molecule has 6 nitrogen and oxygen atoms in total. The van der Waals surface area contributed by atoms with Gasteiger partial charge in [0.05, 0.1) is 20.8 Å². The van der Waals surface area contributed by atoms with Crippen LogP contribution in [0.1, 0.15) is 24.2 Å². The lowest BCUT2D eigenvalue weighted by molar-refractivity contribution is 0.181. The number of benzene rings is 1. The SMILES string of the molecule is CCNC(=NCC(O)c1cc(OC)ccc1OC)N(C)Cc1ccsc1. The van der Waals surface area contributed by atoms with Crippen LogP contribution < -0.4 is 14.8 Å². The van der Waals surface area contributed by atoms with Gasteiger partial charge >= 0.3 is 0 Å². The molecule has 1 aromatic heterocycles. The number of hydrogen-bond donors (Lipinski definition) is 2. The lowest BCUT2D eigenvalue weighted by Gasteiger charge is -2.22. The van der Waals surface area contributed by atoms with Crippen LogP contribution in [0.5, 0.6) is 11.5 Å². The highest BCUT2D eigenvalue weighted by Crippen LogP contribution is 2.29. The van der Waals surface area contributed by atoms with E-state index in [-0.39, 0.29) is 6.54 Å². The van der Waals surface area contributed by atoms with Gasteiger partial charge in [-0.05, 0) is 47.5 Å². The average Bonchev–Trinajstić information content (AvgIpc) is 3.17. The number of methoxy groups -OCH3 is 2. The smallest absolute Gasteiger partial charge is 0.194 e. The van der Waals surface area contributed by atoms with Crippen LogP contribution in [0.4, 0.5) is 0 Å². The molecule has 7 heteroatoms. The van der Waals surface area contributed by atoms with Crippen LogP contribution >= 0.6 is 11.3 Å². The van der Waals surface area contributed by atoms with E-state index >= 15 is 0 Å². The predicted molar refractivity (Wildman–Crippen MR) is 106 cm³/mol. The largest absolute Gasteiger partial charge is 0.497 e. The van der Waals surface area contributed by atoms with Crippen molar-refractivity contribution in [1.82, 2.24) is 10.2 Å². The molecule has 0 aliphatic carbocycles. The number of hydrogen-bond acceptors (Lipinski definition) is 5. The second-order valence-electron chi connectivity index (χ2n) is 5.81. The Morgan fingerprint density at radius 3 is 2.73 bits per heavy atom. The number of nitrogens with zero attached hydrogens (tertiary/aromatic N) is 2. The van der Waals surface area contributed by atoms with E-state index in [1.54, 1.807) is 43.8 Å². The lowest BCUT2D eigenvalue weighted by atomic mass is 10.1. The molecular formula is C19H27N3O3S. The van der Waals surface area contributed by atoms with E-state index in [9.17, 15) is 5.11 Å². The molecule has 142 valence electrons. The molecule has 0 fully saturated rings. The minimum Gasteiger partial charge on any atom is -0.497 e. The molecule has 2 N–H and O–H groups in total. The molecular weight excluding hydrogens is 350 g/mol. The fraction of sp³-hybridized carbons (Fsp3) is 0.421. The maximum atomic E-state index is 10.6. The van der Waals surface area contributed by atoms with Gasteiger partial charge in [-0.2, -0.15) is 11.3 Å². The van der Waals surface area contributed by atoms with Gasteiger partial charge in [-0.15, -0.1) is 0 Å². The molecule has 0 saturated carbocycles. The van der Waals surface area contributed by atoms with Gasteiger partial charge in [-0.1, -0.05) is 0 Å². The highest BCUT2D eigenvalue weighted by Gasteiger charge is 2.15. The number of aliphatic imine (C=N–C) groups is 1. The molecule has 26 heavy (non-hydrogen) atoms. The summed E-state index contributed by atoms with van der Waals surface area (Å²) in [7, 11) is 5.16. The van der Waals surface area contributed by atoms with Crippen molar-refractivity contribution >= 4 is 17.3 Å². The van der Waals surface area contributed by atoms with Gasteiger partial charge in [0.15, 0.2) is 5.96 Å². The number of ether oxygens (including phenoxy) is 2. The molecule has 2 rings (SSSR count). The van der Waals surface area contributed by atoms with E-state index in [0.717, 1.165) is 19.0 Å². The summed E-state index contributed by atoms with van der Waals surface area (Å²) in [4.78, 5) is 6.63. The zero-order valence-electron chi connectivity index (χ0n) is 15.7. The van der Waals surface area contributed by atoms with Gasteiger partial charge < -0.3 is 24.8 Å². The maximum absolute atomic E-state index is 10.6. The Morgan fingerprint density at radius 2 is 2.12 bits per heavy atom. The first-order valence-electron chi connectivity index (χ1n) is 8.49. The fourth-order valence-electron chi connectivity index (χ4n) is 2.57. The first kappa shape index (κ1) is 20.1. The van der Waals surface area contributed by atoms with E-state index in [4.69, 9.17) is 9.47 Å². The van der Waals surface area contributed by atoms with E-state index < -0.39 is 6.10 Å². The molecule has 0 spiro atoms. The van der Waals surface area contributed by atoms with Gasteiger partial charge in [-0.25, -0.2) is 0 Å². The van der Waals surface area contributed by atoms with Crippen molar-refractivity contribution in [1.29, 1.82) is 0 Å². The van der Waals surface area contributed by atoms with Crippen LogP contribution in [0.15, 0.2) is 40.0 Å². The van der Waals surface area contributed by atoms with E-state index in [1.807, 2.05) is 18.9 Å². The number of thiophene rings is 1. The molecule has 0 aliphatic heterocycles. The predicted octanol–water partition coefficient (Wildman–Crippen LogP) is 2.90. The summed E-state index contributed by atoms with van der Waals surface area (Å²) in [6.07, 6.45) is -0.789. The first-order valence-corrected chi connectivity index (χ1v) is 9.43. The van der Waals surface area contributed by atoms with Crippen LogP contribution in [0.25, 0.3) is 0 Å². The number of nitrogens with one attached hydrogen (secondary N) is 1. The molecule has 0 amide bonds. The van der Waals surface area contributed by atoms with Crippen LogP contribution in [0.2, 0.25) is 0 Å². The highest BCUT2D eigenvalue weighted by atomic mass is 32.1. The molecule has 1 atom stereocenters. The second-order valence-corrected chi connectivity index (χ2v) is 6.59. The third-order valence-corrected chi connectivity index (χ3v) is 4.64. The standard InChI is InChI=1S/C19H27N3O3S/c1-5-20-19(22(2)12-14-8-9-26-13-14)21-11-17(23)16-10-15(24-3)6-7-18(16)25-4/h6-10,13,17,23H,5,11-12H2,1-4H3,(H,20,21). The maximum Gasteiger partial charge on any atom is 0.194 e. The van der Waals surface area contributed by atoms with Crippen molar-refractivity contribution in [2.24, 2.45) is 4.99 Å². The van der Waals surface area contributed by atoms with Gasteiger partial charge in [0.1, 0.15) is 17.6 Å². The summed E-state index contributed by atoms with van der Waals surface area (Å²) in [5.74, 6) is 2.04. The summed E-state index contributed by atoms with van der Waals surface area (Å²) >= 11 is 1.68. The fourth-order valence-corrected chi connectivity index (χ4v) is 3.23. The van der Waals surface area contributed by atoms with Gasteiger partial charge in [0.25, 0.3) is 0 Å². The molecule has 1 aromatic carbocycles. The van der Waals surface area contributed by atoms with Crippen molar-refractivity contribution in [3.63, 3.8) is 0 Å². The molecule has 1 unspecified atom stereocenters. The Morgan fingerprint density at radius 1 is 1.31 bits per heavy atom. The van der Waals surface area contributed by atoms with E-state index in [2.05, 4.69) is 27.1 Å². The van der Waals surface area contributed by atoms with Crippen LogP contribution in [-0.4, -0.2) is 50.3 Å². The Balaban J connectivity index is 2.12. The summed E-state index contributed by atoms with van der Waals surface area (Å²) in [5.41, 5.74) is 1.89. The summed E-state index contributed by atoms with van der Waals surface area (Å²) in [6, 6.07) is 7.47. The molecule has 0 radical (unpaired) electrons. The second kappa shape index (κ2) is 10.0. The Hall–Kier alpha value is -2.25. The zero-order valence-corrected chi connectivity index (χ0v) is 16.5. The van der Waals surface area contributed by atoms with E-state index in [1.165, 1.54) is 5.56 Å². The number of aliphatic hydroxyl groups is 1. The van der Waals surface area contributed by atoms with Crippen molar-refractivity contribution in [2.75, 3.05) is 34.4 Å². The Bertz CT molecular complexity index is 704. The molecule has 1 heterocycles. The Labute approximate surface area is 159 Å². The van der Waals surface area contributed by atoms with Gasteiger partial charge in [-0.3, -0.25) is 4.99 Å². The van der Waals surface area contributed by atoms with Crippen LogP contribution in [0.3, 0.4) is 0 Å². The first-order chi connectivity index (χ1) is 12.6. The lowest BCUT2D eigenvalue weighted by Crippen LogP contribution is -2.38. The number of aliphatic hydroxyl groups excluding tert-OH is 1. The molecule has 0 bridgehead atoms. The summed E-state index contributed by atoms with van der Waals surface area (Å²) < 4.78 is 10.6. The van der Waals surface area contributed by atoms with Crippen molar-refractivity contribution in [3.8, 4) is 11.5 Å². The van der Waals surface area contributed by atoms with E-state index in [0.29, 0.717) is 17.1 Å². The third-order valence-electron chi connectivity index (χ3n) is 3.91. The molecule has 0 aliphatic rings. The highest BCUT2D eigenvalue weighted by molar-refractivity contribution is 7.07. The van der Waals surface area contributed by atoms with Gasteiger partial charge in [0.2, 0.25) is 0 Å². The van der Waals surface area contributed by atoms with Crippen LogP contribution in [-0.2, 0) is 6.54 Å². The van der Waals surface area contributed by atoms with Crippen molar-refractivity contribution in [3.05, 3.63) is 46.2 Å². The minimum absolute atomic E-state index is 0.222. The minimum atomic E-state index is -0.789. The number of rotatable bonds is 8. The zero-order chi connectivity index (χ0) is 18.9. The Kier molecular flexibility index (Phi) is 7.74. The van der Waals surface area contributed by atoms with Gasteiger partial charge in [0, 0.05) is 25.7 Å². The average molecular weight is 378 g/mol. The topological polar surface area (TPSA) is 66.3 Å².